The summed E-state index contributed by atoms with van der Waals surface area (Å²) in [7, 11) is 0. The Bertz CT molecular complexity index is 4680. The number of carbonyl (C=O) groups excluding carboxylic acids is 3. The molecule has 0 aliphatic carbocycles. The van der Waals surface area contributed by atoms with Crippen LogP contribution in [0.25, 0.3) is 0 Å². The lowest BCUT2D eigenvalue weighted by Gasteiger charge is -2.44. The van der Waals surface area contributed by atoms with E-state index in [0.29, 0.717) is 36.4 Å². The van der Waals surface area contributed by atoms with Crippen LogP contribution < -0.4 is 14.2 Å². The Morgan fingerprint density at radius 3 is 1.07 bits per heavy atom. The Kier molecular flexibility index (Phi) is 15.3. The average Bonchev–Trinajstić information content (AvgIpc) is 0.709. The number of esters is 3. The van der Waals surface area contributed by atoms with Gasteiger partial charge in [-0.15, -0.1) is 0 Å². The maximum absolute atomic E-state index is 14.9. The standard InChI is InChI=1S/C66H50O30/c67-27-16-36(75)48-46(17-27)91-58(22-2-5-30(69)34(73)8-22)62(95-65(89)25-12-42(81)55(86)43(82)13-25)52(48)50-38(77)20-39(78)51-53(63(96-66(90)26-14-44(83)56(87)45(84)15-26)59(94-61(50)51)23-3-6-31(70)35(74)9-23)49-37(76)19-32(71)28-18-47(92-64(88)24-10-40(79)54(85)41(80)11-24)57(93-60(28)49)21-1-4-29(68)33(72)7-21/h1-17,19-20,47,52-53,57-59,62-63,67-87H,18H2/t47-,52+,53-,57-,58+,59-,62-,63-/m1/s1. The normalized spacial score (nSPS) is 19.2. The van der Waals surface area contributed by atoms with Gasteiger partial charge in [0, 0.05) is 75.2 Å². The van der Waals surface area contributed by atoms with Crippen LogP contribution in [-0.4, -0.2) is 143 Å². The Hall–Kier alpha value is -13.4. The number of rotatable bonds is 11. The largest absolute Gasteiger partial charge is 0.508 e. The van der Waals surface area contributed by atoms with Crippen molar-refractivity contribution in [3.63, 3.8) is 0 Å². The van der Waals surface area contributed by atoms with Gasteiger partial charge in [-0.05, 0) is 72.8 Å². The van der Waals surface area contributed by atoms with Crippen LogP contribution in [0.1, 0.15) is 106 Å². The predicted molar refractivity (Wildman–Crippen MR) is 318 cm³/mol. The molecule has 0 fully saturated rings. The Labute approximate surface area is 535 Å². The fourth-order valence-electron chi connectivity index (χ4n) is 12.0. The van der Waals surface area contributed by atoms with Gasteiger partial charge >= 0.3 is 17.9 Å². The van der Waals surface area contributed by atoms with Crippen LogP contribution in [0.4, 0.5) is 0 Å². The monoisotopic (exact) mass is 1320 g/mol. The highest BCUT2D eigenvalue weighted by Gasteiger charge is 2.54. The summed E-state index contributed by atoms with van der Waals surface area (Å²) in [5.41, 5.74) is -5.75. The molecule has 0 saturated heterocycles. The zero-order chi connectivity index (χ0) is 68.9. The van der Waals surface area contributed by atoms with Crippen molar-refractivity contribution in [1.29, 1.82) is 0 Å². The molecule has 0 saturated carbocycles. The Morgan fingerprint density at radius 2 is 0.656 bits per heavy atom. The van der Waals surface area contributed by atoms with Gasteiger partial charge in [-0.3, -0.25) is 0 Å². The number of benzene rings is 9. The number of fused-ring (bicyclic) bond motifs is 3. The molecule has 12 rings (SSSR count). The molecule has 494 valence electrons. The van der Waals surface area contributed by atoms with E-state index in [1.807, 2.05) is 0 Å². The number of ether oxygens (including phenoxy) is 6. The highest BCUT2D eigenvalue weighted by Crippen LogP contribution is 2.64. The molecule has 9 aromatic rings. The SMILES string of the molecule is O=C(O[C@@H]1[C@H](c2c(O)cc(O)c3c2O[C@H](c2ccc(O)c(O)c2)[C@H](OC(=O)c2cc(O)c(O)c(O)c2)C3)c2c(O)cc(O)c([C@@H]3c4c(O)cc(O)cc4O[C@@H](c4ccc(O)c(O)c4)[C@@H]3OC(=O)c3cc(O)c(O)c(O)c3)c2O[C@@H]1c1ccc(O)c(O)c1)c1cc(O)c(O)c(O)c1. The van der Waals surface area contributed by atoms with Crippen molar-refractivity contribution in [1.82, 2.24) is 0 Å². The molecular formula is C66H50O30. The van der Waals surface area contributed by atoms with E-state index in [4.69, 9.17) is 28.4 Å². The molecular weight excluding hydrogens is 1270 g/mol. The molecule has 3 aliphatic rings. The summed E-state index contributed by atoms with van der Waals surface area (Å²) < 4.78 is 38.4. The summed E-state index contributed by atoms with van der Waals surface area (Å²) in [6.07, 6.45) is -12.7. The lowest BCUT2D eigenvalue weighted by atomic mass is 9.73. The molecule has 8 atom stereocenters. The van der Waals surface area contributed by atoms with E-state index in [9.17, 15) is 122 Å². The van der Waals surface area contributed by atoms with Crippen LogP contribution >= 0.6 is 0 Å². The minimum absolute atomic E-state index is 0.160. The quantitative estimate of drug-likeness (QED) is 0.0341. The number of carbonyl (C=O) groups is 3. The molecule has 3 heterocycles. The number of phenolic OH excluding ortho intramolecular Hbond substituents is 21. The first-order valence-electron chi connectivity index (χ1n) is 28.1. The van der Waals surface area contributed by atoms with Crippen molar-refractivity contribution in [3.05, 3.63) is 176 Å². The van der Waals surface area contributed by atoms with Gasteiger partial charge in [0.15, 0.2) is 117 Å². The fraction of sp³-hybridized carbons (Fsp3) is 0.136. The minimum Gasteiger partial charge on any atom is -0.508 e. The van der Waals surface area contributed by atoms with Gasteiger partial charge in [0.05, 0.1) is 28.5 Å². The predicted octanol–water partition coefficient (Wildman–Crippen LogP) is 7.39. The first-order valence-corrected chi connectivity index (χ1v) is 28.1. The highest BCUT2D eigenvalue weighted by molar-refractivity contribution is 5.93. The van der Waals surface area contributed by atoms with E-state index < -0.39 is 255 Å². The van der Waals surface area contributed by atoms with Crippen molar-refractivity contribution in [2.24, 2.45) is 0 Å². The zero-order valence-electron chi connectivity index (χ0n) is 48.4. The van der Waals surface area contributed by atoms with E-state index in [1.54, 1.807) is 0 Å². The first-order chi connectivity index (χ1) is 45.5. The van der Waals surface area contributed by atoms with Crippen LogP contribution in [-0.2, 0) is 20.6 Å². The number of hydrogen-bond donors (Lipinski definition) is 21. The van der Waals surface area contributed by atoms with Crippen LogP contribution in [0, 0.1) is 0 Å². The number of hydrogen-bond acceptors (Lipinski definition) is 30. The third-order valence-electron chi connectivity index (χ3n) is 16.4. The molecule has 3 aliphatic heterocycles. The number of aromatic hydroxyl groups is 21. The van der Waals surface area contributed by atoms with Gasteiger partial charge in [0.1, 0.15) is 57.8 Å². The highest BCUT2D eigenvalue weighted by atomic mass is 16.6. The maximum atomic E-state index is 14.9. The summed E-state index contributed by atoms with van der Waals surface area (Å²) in [5, 5.41) is 232. The summed E-state index contributed by atoms with van der Waals surface area (Å²) in [4.78, 5) is 43.7. The Morgan fingerprint density at radius 1 is 0.312 bits per heavy atom. The summed E-state index contributed by atoms with van der Waals surface area (Å²) in [6, 6.07) is 16.1. The van der Waals surface area contributed by atoms with Crippen molar-refractivity contribution in [2.75, 3.05) is 0 Å². The molecule has 96 heavy (non-hydrogen) atoms. The number of phenols is 21. The van der Waals surface area contributed by atoms with E-state index in [0.717, 1.165) is 72.8 Å². The van der Waals surface area contributed by atoms with E-state index >= 15 is 0 Å². The van der Waals surface area contributed by atoms with Crippen LogP contribution in [0.2, 0.25) is 0 Å². The van der Waals surface area contributed by atoms with Crippen molar-refractivity contribution < 1.29 is 150 Å². The van der Waals surface area contributed by atoms with Crippen molar-refractivity contribution >= 4 is 17.9 Å². The van der Waals surface area contributed by atoms with E-state index in [2.05, 4.69) is 0 Å². The first kappa shape index (κ1) is 62.8. The van der Waals surface area contributed by atoms with Gasteiger partial charge in [-0.2, -0.15) is 0 Å². The molecule has 0 aromatic heterocycles. The fourth-order valence-corrected chi connectivity index (χ4v) is 12.0. The summed E-state index contributed by atoms with van der Waals surface area (Å²) >= 11 is 0. The molecule has 0 spiro atoms. The van der Waals surface area contributed by atoms with Gasteiger partial charge < -0.3 is 136 Å². The van der Waals surface area contributed by atoms with Crippen molar-refractivity contribution in [2.45, 2.75) is 54.9 Å². The maximum Gasteiger partial charge on any atom is 0.338 e. The molecule has 0 amide bonds. The molecule has 30 nitrogen and oxygen atoms in total. The van der Waals surface area contributed by atoms with Crippen molar-refractivity contribution in [3.8, 4) is 138 Å². The third-order valence-corrected chi connectivity index (χ3v) is 16.4. The van der Waals surface area contributed by atoms with Gasteiger partial charge in [-0.1, -0.05) is 18.2 Å². The summed E-state index contributed by atoms with van der Waals surface area (Å²) in [6.45, 7) is 0. The summed E-state index contributed by atoms with van der Waals surface area (Å²) in [5.74, 6) is -30.4. The second kappa shape index (κ2) is 23.4. The lowest BCUT2D eigenvalue weighted by Crippen LogP contribution is -2.42. The average molecular weight is 1320 g/mol. The second-order valence-electron chi connectivity index (χ2n) is 22.4. The zero-order valence-corrected chi connectivity index (χ0v) is 48.4. The molecule has 9 aromatic carbocycles. The second-order valence-corrected chi connectivity index (χ2v) is 22.4. The smallest absolute Gasteiger partial charge is 0.338 e. The molecule has 0 unspecified atom stereocenters. The van der Waals surface area contributed by atoms with Crippen LogP contribution in [0.3, 0.4) is 0 Å². The molecule has 0 radical (unpaired) electrons. The van der Waals surface area contributed by atoms with Crippen LogP contribution in [0.15, 0.2) is 115 Å². The minimum atomic E-state index is -2.27. The third kappa shape index (κ3) is 10.8. The topological polar surface area (TPSA) is 531 Å². The van der Waals surface area contributed by atoms with Gasteiger partial charge in [-0.25, -0.2) is 14.4 Å². The van der Waals surface area contributed by atoms with E-state index in [-0.39, 0.29) is 16.7 Å². The van der Waals surface area contributed by atoms with Gasteiger partial charge in [0.2, 0.25) is 0 Å². The Balaban J connectivity index is 1.16. The molecule has 0 bridgehead atoms. The lowest BCUT2D eigenvalue weighted by molar-refractivity contribution is -0.0345. The van der Waals surface area contributed by atoms with Crippen LogP contribution in [0.5, 0.6) is 138 Å². The molecule has 30 heteroatoms. The van der Waals surface area contributed by atoms with Gasteiger partial charge in [0.25, 0.3) is 0 Å². The molecule has 21 N–H and O–H groups in total. The van der Waals surface area contributed by atoms with E-state index in [1.165, 1.54) is 6.07 Å².